The first-order valence-electron chi connectivity index (χ1n) is 13.9. The molecule has 3 aromatic rings. The van der Waals surface area contributed by atoms with Crippen molar-refractivity contribution in [2.75, 3.05) is 26.3 Å². The molecule has 3 aromatic carbocycles. The van der Waals surface area contributed by atoms with Crippen LogP contribution in [0.15, 0.2) is 95.0 Å². The van der Waals surface area contributed by atoms with Gasteiger partial charge in [0.05, 0.1) is 6.61 Å². The minimum absolute atomic E-state index is 0.0628. The molecular weight excluding hydrogens is 518 g/mol. The van der Waals surface area contributed by atoms with E-state index >= 15 is 0 Å². The Morgan fingerprint density at radius 3 is 2.56 bits per heavy atom. The van der Waals surface area contributed by atoms with Crippen LogP contribution in [0, 0.1) is 0 Å². The van der Waals surface area contributed by atoms with Gasteiger partial charge in [-0.05, 0) is 48.2 Å². The van der Waals surface area contributed by atoms with E-state index in [2.05, 4.69) is 10.0 Å². The maximum atomic E-state index is 14.4. The number of ether oxygens (including phenoxy) is 2. The van der Waals surface area contributed by atoms with E-state index in [1.165, 1.54) is 0 Å². The van der Waals surface area contributed by atoms with E-state index < -0.39 is 11.6 Å². The Morgan fingerprint density at radius 2 is 1.83 bits per heavy atom. The lowest BCUT2D eigenvalue weighted by atomic mass is 9.83. The van der Waals surface area contributed by atoms with E-state index in [0.717, 1.165) is 18.4 Å². The van der Waals surface area contributed by atoms with Crippen LogP contribution in [0.2, 0.25) is 0 Å². The van der Waals surface area contributed by atoms with Crippen molar-refractivity contribution in [2.24, 2.45) is 10.1 Å². The van der Waals surface area contributed by atoms with Crippen molar-refractivity contribution >= 4 is 23.6 Å². The van der Waals surface area contributed by atoms with Crippen molar-refractivity contribution in [3.8, 4) is 5.75 Å². The van der Waals surface area contributed by atoms with Gasteiger partial charge in [-0.25, -0.2) is 4.99 Å². The third-order valence-corrected chi connectivity index (χ3v) is 7.31. The number of aliphatic imine (C=N–C) groups is 1. The number of amides is 1. The largest absolute Gasteiger partial charge is 0.494 e. The predicted molar refractivity (Wildman–Crippen MR) is 158 cm³/mol. The molecule has 0 radical (unpaired) electrons. The van der Waals surface area contributed by atoms with Crippen LogP contribution < -0.4 is 4.74 Å². The number of hydrogen-bond donors (Lipinski definition) is 1. The highest BCUT2D eigenvalue weighted by molar-refractivity contribution is 6.01. The molecule has 5 rings (SSSR count). The Bertz CT molecular complexity index is 1440. The maximum absolute atomic E-state index is 14.4. The fraction of sp³-hybridized carbons (Fsp3) is 0.312. The zero-order chi connectivity index (χ0) is 28.5. The highest BCUT2D eigenvalue weighted by Crippen LogP contribution is 2.47. The number of likely N-dealkylation sites (tertiary alicyclic amines) is 1. The van der Waals surface area contributed by atoms with Gasteiger partial charge in [0.1, 0.15) is 5.75 Å². The summed E-state index contributed by atoms with van der Waals surface area (Å²) in [7, 11) is 0. The van der Waals surface area contributed by atoms with Gasteiger partial charge in [-0.2, -0.15) is 0 Å². The summed E-state index contributed by atoms with van der Waals surface area (Å²) in [5, 5.41) is 12.9. The first kappa shape index (κ1) is 28.0. The molecule has 1 amide bonds. The van der Waals surface area contributed by atoms with Gasteiger partial charge in [0, 0.05) is 54.3 Å². The van der Waals surface area contributed by atoms with Gasteiger partial charge in [0.25, 0.3) is 5.91 Å². The third-order valence-electron chi connectivity index (χ3n) is 7.31. The molecule has 0 unspecified atom stereocenters. The number of nitrogens with zero attached hydrogens (tertiary/aromatic N) is 5. The van der Waals surface area contributed by atoms with Crippen LogP contribution in [-0.2, 0) is 9.53 Å². The summed E-state index contributed by atoms with van der Waals surface area (Å²) in [4.78, 5) is 24.4. The average molecular weight is 552 g/mol. The predicted octanol–water partition coefficient (Wildman–Crippen LogP) is 6.37. The third kappa shape index (κ3) is 6.27. The Morgan fingerprint density at radius 1 is 1.10 bits per heavy atom. The molecule has 0 saturated carbocycles. The fourth-order valence-corrected chi connectivity index (χ4v) is 5.26. The molecule has 2 heterocycles. The van der Waals surface area contributed by atoms with Gasteiger partial charge in [0.2, 0.25) is 5.90 Å². The van der Waals surface area contributed by atoms with E-state index in [0.29, 0.717) is 61.0 Å². The molecular formula is C32H33N5O4. The van der Waals surface area contributed by atoms with Crippen LogP contribution in [0.3, 0.4) is 0 Å². The molecule has 1 N–H and O–H groups in total. The number of carbonyl (C=O) groups is 1. The number of carbonyl (C=O) groups excluding carboxylic acids is 1. The van der Waals surface area contributed by atoms with E-state index in [-0.39, 0.29) is 12.5 Å². The summed E-state index contributed by atoms with van der Waals surface area (Å²) >= 11 is 0. The summed E-state index contributed by atoms with van der Waals surface area (Å²) in [6, 6.07) is 24.4. The highest BCUT2D eigenvalue weighted by atomic mass is 16.5. The lowest BCUT2D eigenvalue weighted by molar-refractivity contribution is -0.138. The Hall–Kier alpha value is -4.59. The van der Waals surface area contributed by atoms with Crippen LogP contribution in [-0.4, -0.2) is 53.7 Å². The Balaban J connectivity index is 1.58. The minimum Gasteiger partial charge on any atom is -0.494 e. The topological polar surface area (TPSA) is 120 Å². The fourth-order valence-electron chi connectivity index (χ4n) is 5.26. The van der Waals surface area contributed by atoms with Crippen molar-refractivity contribution in [1.82, 2.24) is 4.90 Å². The van der Waals surface area contributed by atoms with Gasteiger partial charge < -0.3 is 19.5 Å². The SMILES string of the molecule is [N-]=[N+]=Nc1ccccc1[C@H]1OC(c2ccc(OCCCO)cc2)=N[C@@]1(C/C=C/c1ccccc1)C(=O)N1CCCC1. The van der Waals surface area contributed by atoms with Crippen molar-refractivity contribution in [1.29, 1.82) is 0 Å². The first-order valence-corrected chi connectivity index (χ1v) is 13.9. The van der Waals surface area contributed by atoms with E-state index in [4.69, 9.17) is 19.6 Å². The van der Waals surface area contributed by atoms with Gasteiger partial charge in [-0.3, -0.25) is 4.79 Å². The van der Waals surface area contributed by atoms with Gasteiger partial charge in [-0.1, -0.05) is 71.9 Å². The van der Waals surface area contributed by atoms with Crippen LogP contribution in [0.1, 0.15) is 48.5 Å². The second-order valence-electron chi connectivity index (χ2n) is 10.1. The zero-order valence-electron chi connectivity index (χ0n) is 22.8. The molecule has 2 aliphatic rings. The standard InChI is InChI=1S/C32H33N5O4/c33-36-35-28-14-5-4-13-27(28)29-32(31(39)37-20-6-7-21-37,19-8-12-24-10-2-1-3-11-24)34-30(41-29)25-15-17-26(18-16-25)40-23-9-22-38/h1-5,8,10-18,29,38H,6-7,9,19-23H2/b12-8+/t29-,32-/m1/s1. The van der Waals surface area contributed by atoms with Crippen LogP contribution in [0.4, 0.5) is 5.69 Å². The summed E-state index contributed by atoms with van der Waals surface area (Å²) in [6.07, 6.45) is 5.86. The number of aliphatic hydroxyl groups excluding tert-OH is 1. The molecule has 1 saturated heterocycles. The smallest absolute Gasteiger partial charge is 0.255 e. The lowest BCUT2D eigenvalue weighted by Gasteiger charge is -2.33. The molecule has 9 heteroatoms. The maximum Gasteiger partial charge on any atom is 0.255 e. The zero-order valence-corrected chi connectivity index (χ0v) is 22.8. The van der Waals surface area contributed by atoms with Crippen molar-refractivity contribution in [3.63, 3.8) is 0 Å². The summed E-state index contributed by atoms with van der Waals surface area (Å²) in [5.74, 6) is 0.900. The minimum atomic E-state index is -1.30. The number of aliphatic hydroxyl groups is 1. The van der Waals surface area contributed by atoms with Gasteiger partial charge >= 0.3 is 0 Å². The first-order chi connectivity index (χ1) is 20.1. The average Bonchev–Trinajstić information content (AvgIpc) is 3.68. The molecule has 9 nitrogen and oxygen atoms in total. The molecule has 41 heavy (non-hydrogen) atoms. The molecule has 2 atom stereocenters. The summed E-state index contributed by atoms with van der Waals surface area (Å²) in [5.41, 5.74) is 10.7. The van der Waals surface area contributed by atoms with Crippen LogP contribution in [0.25, 0.3) is 16.5 Å². The van der Waals surface area contributed by atoms with Gasteiger partial charge in [0.15, 0.2) is 11.6 Å². The Labute approximate surface area is 239 Å². The number of hydrogen-bond acceptors (Lipinski definition) is 6. The van der Waals surface area contributed by atoms with Crippen LogP contribution >= 0.6 is 0 Å². The molecule has 210 valence electrons. The monoisotopic (exact) mass is 551 g/mol. The molecule has 2 aliphatic heterocycles. The van der Waals surface area contributed by atoms with E-state index in [1.807, 2.05) is 83.8 Å². The van der Waals surface area contributed by atoms with Crippen molar-refractivity contribution in [3.05, 3.63) is 112 Å². The molecule has 0 spiro atoms. The second-order valence-corrected chi connectivity index (χ2v) is 10.1. The summed E-state index contributed by atoms with van der Waals surface area (Å²) < 4.78 is 12.3. The lowest BCUT2D eigenvalue weighted by Crippen LogP contribution is -2.49. The normalized spacial score (nSPS) is 20.0. The molecule has 0 aliphatic carbocycles. The quantitative estimate of drug-likeness (QED) is 0.129. The van der Waals surface area contributed by atoms with Gasteiger partial charge in [-0.15, -0.1) is 0 Å². The molecule has 1 fully saturated rings. The Kier molecular flexibility index (Phi) is 8.98. The van der Waals surface area contributed by atoms with E-state index in [9.17, 15) is 10.3 Å². The van der Waals surface area contributed by atoms with Crippen LogP contribution in [0.5, 0.6) is 5.75 Å². The van der Waals surface area contributed by atoms with Crippen molar-refractivity contribution < 1.29 is 19.4 Å². The van der Waals surface area contributed by atoms with Crippen molar-refractivity contribution in [2.45, 2.75) is 37.3 Å². The number of benzene rings is 3. The second kappa shape index (κ2) is 13.2. The number of azide groups is 1. The highest BCUT2D eigenvalue weighted by Gasteiger charge is 2.54. The number of rotatable bonds is 11. The summed E-state index contributed by atoms with van der Waals surface area (Å²) in [6.45, 7) is 1.80. The molecule has 0 bridgehead atoms. The molecule has 0 aromatic heterocycles. The van der Waals surface area contributed by atoms with E-state index in [1.54, 1.807) is 12.1 Å².